The second-order valence-electron chi connectivity index (χ2n) is 11.8. The number of benzene rings is 7. The highest BCUT2D eigenvalue weighted by molar-refractivity contribution is 8.00. The van der Waals surface area contributed by atoms with Crippen LogP contribution in [0.3, 0.4) is 0 Å². The molecular weight excluding hydrogens is 611 g/mol. The smallest absolute Gasteiger partial charge is 0.0784 e. The van der Waals surface area contributed by atoms with Crippen LogP contribution in [0.15, 0.2) is 183 Å². The van der Waals surface area contributed by atoms with Gasteiger partial charge in [0, 0.05) is 41.7 Å². The largest absolute Gasteiger partial charge is 0.308 e. The van der Waals surface area contributed by atoms with Gasteiger partial charge >= 0.3 is 0 Å². The molecule has 10 rings (SSSR count). The Balaban J connectivity index is 1.37. The number of nitrogens with zero attached hydrogens (tertiary/aromatic N) is 3. The number of anilines is 6. The van der Waals surface area contributed by atoms with Crippen LogP contribution < -0.4 is 9.80 Å². The summed E-state index contributed by atoms with van der Waals surface area (Å²) in [5.41, 5.74) is 10.6. The Bertz CT molecular complexity index is 2410. The van der Waals surface area contributed by atoms with E-state index in [0.29, 0.717) is 0 Å². The molecule has 0 saturated heterocycles. The molecule has 0 atom stereocenters. The predicted molar refractivity (Wildman–Crippen MR) is 198 cm³/mol. The van der Waals surface area contributed by atoms with Gasteiger partial charge in [0.05, 0.1) is 39.5 Å². The number of rotatable bonds is 3. The number of hydrogen-bond donors (Lipinski definition) is 0. The van der Waals surface area contributed by atoms with Gasteiger partial charge in [0.2, 0.25) is 0 Å². The molecule has 8 aromatic rings. The molecule has 3 heterocycles. The van der Waals surface area contributed by atoms with Crippen LogP contribution in [0.25, 0.3) is 27.5 Å². The molecule has 1 aromatic heterocycles. The third-order valence-electron chi connectivity index (χ3n) is 9.11. The zero-order valence-electron chi connectivity index (χ0n) is 25.2. The summed E-state index contributed by atoms with van der Waals surface area (Å²) in [5, 5.41) is 2.45. The lowest BCUT2D eigenvalue weighted by Crippen LogP contribution is -2.18. The normalized spacial score (nSPS) is 13.3. The molecule has 0 spiro atoms. The van der Waals surface area contributed by atoms with E-state index < -0.39 is 0 Å². The fourth-order valence-corrected chi connectivity index (χ4v) is 9.27. The highest BCUT2D eigenvalue weighted by atomic mass is 32.2. The van der Waals surface area contributed by atoms with Crippen LogP contribution in [0.4, 0.5) is 34.1 Å². The molecule has 0 amide bonds. The van der Waals surface area contributed by atoms with Gasteiger partial charge in [0.25, 0.3) is 0 Å². The van der Waals surface area contributed by atoms with Gasteiger partial charge in [-0.05, 0) is 78.9 Å². The molecule has 0 N–H and O–H groups in total. The van der Waals surface area contributed by atoms with Crippen molar-refractivity contribution >= 4 is 79.5 Å². The van der Waals surface area contributed by atoms with E-state index in [1.54, 1.807) is 0 Å². The highest BCUT2D eigenvalue weighted by Crippen LogP contribution is 2.56. The number of aromatic nitrogens is 1. The average molecular weight is 638 g/mol. The molecule has 2 aliphatic rings. The van der Waals surface area contributed by atoms with Gasteiger partial charge in [-0.2, -0.15) is 0 Å². The Morgan fingerprint density at radius 1 is 0.340 bits per heavy atom. The quantitative estimate of drug-likeness (QED) is 0.191. The first-order valence-electron chi connectivity index (χ1n) is 15.8. The molecule has 2 aliphatic heterocycles. The van der Waals surface area contributed by atoms with Crippen LogP contribution >= 0.6 is 23.5 Å². The van der Waals surface area contributed by atoms with Crippen molar-refractivity contribution in [3.05, 3.63) is 164 Å². The summed E-state index contributed by atoms with van der Waals surface area (Å²) in [7, 11) is 0. The second kappa shape index (κ2) is 10.6. The third kappa shape index (κ3) is 4.10. The molecule has 0 fully saturated rings. The lowest BCUT2D eigenvalue weighted by atomic mass is 10.1. The second-order valence-corrected chi connectivity index (χ2v) is 14.0. The van der Waals surface area contributed by atoms with E-state index >= 15 is 0 Å². The standard InChI is InChI=1S/C42H27N3S2/c1-2-14-28(15-3-1)44-32-17-5-4-16-30(32)31-26-29(43-33-18-6-10-22-38(33)46-39-23-11-7-19-34(39)43)27-37(42(31)44)45-35-20-8-12-24-40(35)47-41-25-13-9-21-36(41)45/h1-27H. The van der Waals surface area contributed by atoms with Crippen molar-refractivity contribution in [2.45, 2.75) is 19.6 Å². The fraction of sp³-hybridized carbons (Fsp3) is 0. The zero-order valence-corrected chi connectivity index (χ0v) is 26.9. The Morgan fingerprint density at radius 3 is 1.38 bits per heavy atom. The van der Waals surface area contributed by atoms with Crippen molar-refractivity contribution in [2.75, 3.05) is 9.80 Å². The molecule has 47 heavy (non-hydrogen) atoms. The van der Waals surface area contributed by atoms with Gasteiger partial charge in [0.15, 0.2) is 0 Å². The summed E-state index contributed by atoms with van der Waals surface area (Å²) in [4.78, 5) is 9.94. The predicted octanol–water partition coefficient (Wildman–Crippen LogP) is 12.7. The van der Waals surface area contributed by atoms with E-state index in [4.69, 9.17) is 0 Å². The molecule has 7 aromatic carbocycles. The van der Waals surface area contributed by atoms with Crippen molar-refractivity contribution in [3.8, 4) is 5.69 Å². The minimum atomic E-state index is 1.14. The molecule has 222 valence electrons. The fourth-order valence-electron chi connectivity index (χ4n) is 7.15. The van der Waals surface area contributed by atoms with E-state index in [1.807, 2.05) is 23.5 Å². The van der Waals surface area contributed by atoms with Gasteiger partial charge < -0.3 is 14.4 Å². The first kappa shape index (κ1) is 26.8. The molecule has 0 aliphatic carbocycles. The van der Waals surface area contributed by atoms with Crippen molar-refractivity contribution in [1.82, 2.24) is 4.57 Å². The van der Waals surface area contributed by atoms with Gasteiger partial charge in [0.1, 0.15) is 0 Å². The van der Waals surface area contributed by atoms with Gasteiger partial charge in [-0.15, -0.1) is 0 Å². The Morgan fingerprint density at radius 2 is 0.809 bits per heavy atom. The SMILES string of the molecule is c1ccc(-n2c3ccccc3c3cc(N4c5ccccc5Sc5ccccc54)cc(N4c5ccccc5Sc5ccccc54)c32)cc1. The molecule has 5 heteroatoms. The van der Waals surface area contributed by atoms with E-state index in [9.17, 15) is 0 Å². The summed E-state index contributed by atoms with van der Waals surface area (Å²) >= 11 is 3.69. The molecule has 3 nitrogen and oxygen atoms in total. The Labute approximate surface area is 281 Å². The lowest BCUT2D eigenvalue weighted by Gasteiger charge is -2.36. The van der Waals surface area contributed by atoms with Crippen LogP contribution in [0.2, 0.25) is 0 Å². The molecule has 0 saturated carbocycles. The highest BCUT2D eigenvalue weighted by Gasteiger charge is 2.31. The Kier molecular flexibility index (Phi) is 6.04. The van der Waals surface area contributed by atoms with Crippen molar-refractivity contribution in [3.63, 3.8) is 0 Å². The minimum absolute atomic E-state index is 1.14. The zero-order chi connectivity index (χ0) is 30.9. The van der Waals surface area contributed by atoms with Crippen LogP contribution in [0.5, 0.6) is 0 Å². The first-order valence-corrected chi connectivity index (χ1v) is 17.4. The maximum atomic E-state index is 2.49. The summed E-state index contributed by atoms with van der Waals surface area (Å²) < 4.78 is 2.45. The van der Waals surface area contributed by atoms with Crippen molar-refractivity contribution in [2.24, 2.45) is 0 Å². The number of para-hydroxylation sites is 6. The van der Waals surface area contributed by atoms with Gasteiger partial charge in [-0.25, -0.2) is 0 Å². The van der Waals surface area contributed by atoms with E-state index in [1.165, 1.54) is 64.1 Å². The minimum Gasteiger partial charge on any atom is -0.308 e. The summed E-state index contributed by atoms with van der Waals surface area (Å²) in [6.07, 6.45) is 0. The van der Waals surface area contributed by atoms with Gasteiger partial charge in [-0.3, -0.25) is 0 Å². The first-order chi connectivity index (χ1) is 23.3. The maximum Gasteiger partial charge on any atom is 0.0784 e. The molecule has 0 bridgehead atoms. The van der Waals surface area contributed by atoms with Crippen molar-refractivity contribution < 1.29 is 0 Å². The molecular formula is C42H27N3S2. The number of hydrogen-bond acceptors (Lipinski definition) is 4. The molecule has 0 unspecified atom stereocenters. The lowest BCUT2D eigenvalue weighted by molar-refractivity contribution is 1.13. The average Bonchev–Trinajstić information content (AvgIpc) is 3.47. The van der Waals surface area contributed by atoms with Crippen LogP contribution in [-0.4, -0.2) is 4.57 Å². The van der Waals surface area contributed by atoms with Crippen LogP contribution in [0.1, 0.15) is 0 Å². The summed E-state index contributed by atoms with van der Waals surface area (Å²) in [6, 6.07) is 59.6. The Hall–Kier alpha value is -5.36. The third-order valence-corrected chi connectivity index (χ3v) is 11.4. The van der Waals surface area contributed by atoms with E-state index in [2.05, 4.69) is 178 Å². The van der Waals surface area contributed by atoms with E-state index in [0.717, 1.165) is 17.1 Å². The topological polar surface area (TPSA) is 11.4 Å². The van der Waals surface area contributed by atoms with Crippen LogP contribution in [0, 0.1) is 0 Å². The molecule has 0 radical (unpaired) electrons. The van der Waals surface area contributed by atoms with Gasteiger partial charge in [-0.1, -0.05) is 108 Å². The number of fused-ring (bicyclic) bond motifs is 7. The maximum absolute atomic E-state index is 2.49. The van der Waals surface area contributed by atoms with Crippen LogP contribution in [-0.2, 0) is 0 Å². The summed E-state index contributed by atoms with van der Waals surface area (Å²) in [5.74, 6) is 0. The monoisotopic (exact) mass is 637 g/mol. The van der Waals surface area contributed by atoms with Crippen molar-refractivity contribution in [1.29, 1.82) is 0 Å². The van der Waals surface area contributed by atoms with E-state index in [-0.39, 0.29) is 0 Å². The summed E-state index contributed by atoms with van der Waals surface area (Å²) in [6.45, 7) is 0.